The van der Waals surface area contributed by atoms with Crippen molar-refractivity contribution in [3.63, 3.8) is 0 Å². The topological polar surface area (TPSA) is 83.6 Å². The summed E-state index contributed by atoms with van der Waals surface area (Å²) in [5.74, 6) is 0.0530. The van der Waals surface area contributed by atoms with Gasteiger partial charge < -0.3 is 5.32 Å². The largest absolute Gasteiger partial charge is 0.352 e. The molecule has 2 aromatic rings. The molecule has 1 saturated heterocycles. The highest BCUT2D eigenvalue weighted by molar-refractivity contribution is 7.89. The summed E-state index contributed by atoms with van der Waals surface area (Å²) in [6.07, 6.45) is 2.14. The number of amides is 1. The summed E-state index contributed by atoms with van der Waals surface area (Å²) < 4.78 is 26.8. The van der Waals surface area contributed by atoms with E-state index in [1.807, 2.05) is 0 Å². The molecule has 1 heterocycles. The molecule has 1 fully saturated rings. The predicted octanol–water partition coefficient (Wildman–Crippen LogP) is 2.33. The van der Waals surface area contributed by atoms with Gasteiger partial charge in [0, 0.05) is 30.8 Å². The average molecular weight is 386 g/mol. The van der Waals surface area contributed by atoms with Gasteiger partial charge in [0.2, 0.25) is 10.0 Å². The third kappa shape index (κ3) is 4.61. The number of hydrogen-bond acceptors (Lipinski definition) is 4. The summed E-state index contributed by atoms with van der Waals surface area (Å²) in [5, 5.41) is 2.90. The molecule has 6 nitrogen and oxygen atoms in total. The second kappa shape index (κ2) is 8.45. The van der Waals surface area contributed by atoms with Crippen LogP contribution >= 0.6 is 0 Å². The van der Waals surface area contributed by atoms with Gasteiger partial charge in [-0.15, -0.1) is 0 Å². The van der Waals surface area contributed by atoms with Crippen LogP contribution in [-0.2, 0) is 10.0 Å². The molecule has 1 aliphatic heterocycles. The minimum absolute atomic E-state index is 0.188. The summed E-state index contributed by atoms with van der Waals surface area (Å²) in [6, 6.07) is 14.9. The van der Waals surface area contributed by atoms with Crippen LogP contribution in [-0.4, -0.2) is 44.6 Å². The standard InChI is InChI=1S/C20H22N2O4S/c23-15-17-6-8-18(9-7-17)20(24)21-14-16-10-12-22(13-11-16)27(25,26)19-4-2-1-3-5-19/h1-9,15-16H,10-14H2,(H,21,24). The number of aldehydes is 1. The zero-order chi connectivity index (χ0) is 19.3. The quantitative estimate of drug-likeness (QED) is 0.773. The second-order valence-corrected chi connectivity index (χ2v) is 8.55. The Kier molecular flexibility index (Phi) is 6.03. The van der Waals surface area contributed by atoms with Crippen molar-refractivity contribution in [2.24, 2.45) is 5.92 Å². The van der Waals surface area contributed by atoms with Crippen LogP contribution < -0.4 is 5.32 Å². The molecule has 7 heteroatoms. The molecule has 0 spiro atoms. The maximum absolute atomic E-state index is 12.6. The molecule has 27 heavy (non-hydrogen) atoms. The summed E-state index contributed by atoms with van der Waals surface area (Å²) in [6.45, 7) is 1.41. The van der Waals surface area contributed by atoms with E-state index in [4.69, 9.17) is 0 Å². The maximum atomic E-state index is 12.6. The number of piperidine rings is 1. The van der Waals surface area contributed by atoms with Crippen LogP contribution in [0.25, 0.3) is 0 Å². The van der Waals surface area contributed by atoms with Crippen LogP contribution in [0.15, 0.2) is 59.5 Å². The molecule has 0 aliphatic carbocycles. The fourth-order valence-electron chi connectivity index (χ4n) is 3.15. The van der Waals surface area contributed by atoms with Crippen molar-refractivity contribution in [2.45, 2.75) is 17.7 Å². The lowest BCUT2D eigenvalue weighted by Crippen LogP contribution is -2.41. The maximum Gasteiger partial charge on any atom is 0.251 e. The normalized spacial score (nSPS) is 16.0. The van der Waals surface area contributed by atoms with Gasteiger partial charge in [-0.1, -0.05) is 30.3 Å². The molecule has 0 atom stereocenters. The van der Waals surface area contributed by atoms with E-state index in [1.165, 1.54) is 4.31 Å². The van der Waals surface area contributed by atoms with Crippen LogP contribution in [0.1, 0.15) is 33.6 Å². The molecule has 0 aromatic heterocycles. The van der Waals surface area contributed by atoms with E-state index in [2.05, 4.69) is 5.32 Å². The van der Waals surface area contributed by atoms with Gasteiger partial charge >= 0.3 is 0 Å². The molecular weight excluding hydrogens is 364 g/mol. The number of benzene rings is 2. The van der Waals surface area contributed by atoms with Crippen LogP contribution in [0.4, 0.5) is 0 Å². The Morgan fingerprint density at radius 1 is 1.04 bits per heavy atom. The SMILES string of the molecule is O=Cc1ccc(C(=O)NCC2CCN(S(=O)(=O)c3ccccc3)CC2)cc1. The Labute approximate surface area is 159 Å². The molecule has 1 aliphatic rings. The number of nitrogens with zero attached hydrogens (tertiary/aromatic N) is 1. The molecule has 1 N–H and O–H groups in total. The zero-order valence-electron chi connectivity index (χ0n) is 14.9. The molecule has 1 amide bonds. The molecule has 0 saturated carbocycles. The Morgan fingerprint density at radius 3 is 2.26 bits per heavy atom. The molecule has 0 unspecified atom stereocenters. The first-order valence-corrected chi connectivity index (χ1v) is 10.3. The highest BCUT2D eigenvalue weighted by Crippen LogP contribution is 2.23. The minimum Gasteiger partial charge on any atom is -0.352 e. The van der Waals surface area contributed by atoms with Crippen molar-refractivity contribution >= 4 is 22.2 Å². The monoisotopic (exact) mass is 386 g/mol. The lowest BCUT2D eigenvalue weighted by atomic mass is 9.98. The third-order valence-corrected chi connectivity index (χ3v) is 6.73. The fourth-order valence-corrected chi connectivity index (χ4v) is 4.64. The fraction of sp³-hybridized carbons (Fsp3) is 0.300. The number of nitrogens with one attached hydrogen (secondary N) is 1. The van der Waals surface area contributed by atoms with Gasteiger partial charge in [-0.2, -0.15) is 4.31 Å². The van der Waals surface area contributed by atoms with Crippen molar-refractivity contribution < 1.29 is 18.0 Å². The van der Waals surface area contributed by atoms with Gasteiger partial charge in [-0.05, 0) is 43.0 Å². The number of rotatable bonds is 6. The lowest BCUT2D eigenvalue weighted by molar-refractivity contribution is 0.0941. The number of sulfonamides is 1. The third-order valence-electron chi connectivity index (χ3n) is 4.81. The number of carbonyl (C=O) groups excluding carboxylic acids is 2. The first-order valence-electron chi connectivity index (χ1n) is 8.89. The Bertz CT molecular complexity index is 887. The van der Waals surface area contributed by atoms with Crippen molar-refractivity contribution in [1.82, 2.24) is 9.62 Å². The lowest BCUT2D eigenvalue weighted by Gasteiger charge is -2.31. The van der Waals surface area contributed by atoms with Gasteiger partial charge in [0.25, 0.3) is 5.91 Å². The number of hydrogen-bond donors (Lipinski definition) is 1. The minimum atomic E-state index is -3.45. The Morgan fingerprint density at radius 2 is 1.67 bits per heavy atom. The van der Waals surface area contributed by atoms with Gasteiger partial charge in [0.05, 0.1) is 4.90 Å². The van der Waals surface area contributed by atoms with E-state index < -0.39 is 10.0 Å². The Balaban J connectivity index is 1.51. The summed E-state index contributed by atoms with van der Waals surface area (Å²) in [5.41, 5.74) is 1.03. The molecule has 2 aromatic carbocycles. The van der Waals surface area contributed by atoms with Gasteiger partial charge in [0.15, 0.2) is 0 Å². The summed E-state index contributed by atoms with van der Waals surface area (Å²) in [7, 11) is -3.45. The smallest absolute Gasteiger partial charge is 0.251 e. The van der Waals surface area contributed by atoms with Crippen molar-refractivity contribution in [3.8, 4) is 0 Å². The Hall–Kier alpha value is -2.51. The summed E-state index contributed by atoms with van der Waals surface area (Å²) in [4.78, 5) is 23.2. The molecule has 0 radical (unpaired) electrons. The zero-order valence-corrected chi connectivity index (χ0v) is 15.7. The molecule has 0 bridgehead atoms. The van der Waals surface area contributed by atoms with E-state index in [9.17, 15) is 18.0 Å². The summed E-state index contributed by atoms with van der Waals surface area (Å²) >= 11 is 0. The predicted molar refractivity (Wildman–Crippen MR) is 102 cm³/mol. The van der Waals surface area contributed by atoms with Crippen molar-refractivity contribution in [1.29, 1.82) is 0 Å². The number of carbonyl (C=O) groups is 2. The van der Waals surface area contributed by atoms with Crippen LogP contribution in [0.3, 0.4) is 0 Å². The highest BCUT2D eigenvalue weighted by Gasteiger charge is 2.29. The van der Waals surface area contributed by atoms with Crippen molar-refractivity contribution in [2.75, 3.05) is 19.6 Å². The van der Waals surface area contributed by atoms with Crippen LogP contribution in [0.2, 0.25) is 0 Å². The van der Waals surface area contributed by atoms with E-state index in [0.717, 1.165) is 6.29 Å². The van der Waals surface area contributed by atoms with E-state index in [1.54, 1.807) is 54.6 Å². The molecule has 142 valence electrons. The first-order chi connectivity index (χ1) is 13.0. The molecule has 3 rings (SSSR count). The van der Waals surface area contributed by atoms with Gasteiger partial charge in [0.1, 0.15) is 6.29 Å². The highest BCUT2D eigenvalue weighted by atomic mass is 32.2. The van der Waals surface area contributed by atoms with E-state index in [-0.39, 0.29) is 11.8 Å². The van der Waals surface area contributed by atoms with Gasteiger partial charge in [-0.25, -0.2) is 8.42 Å². The van der Waals surface area contributed by atoms with E-state index in [0.29, 0.717) is 48.5 Å². The second-order valence-electron chi connectivity index (χ2n) is 6.61. The van der Waals surface area contributed by atoms with E-state index >= 15 is 0 Å². The van der Waals surface area contributed by atoms with Gasteiger partial charge in [-0.3, -0.25) is 9.59 Å². The average Bonchev–Trinajstić information content (AvgIpc) is 2.73. The van der Waals surface area contributed by atoms with Crippen LogP contribution in [0, 0.1) is 5.92 Å². The molecular formula is C20H22N2O4S. The first kappa shape index (κ1) is 19.3. The van der Waals surface area contributed by atoms with Crippen molar-refractivity contribution in [3.05, 3.63) is 65.7 Å². The van der Waals surface area contributed by atoms with Crippen LogP contribution in [0.5, 0.6) is 0 Å².